The Morgan fingerprint density at radius 2 is 2.11 bits per heavy atom. The minimum atomic E-state index is 0.213. The minimum absolute atomic E-state index is 0.213. The van der Waals surface area contributed by atoms with E-state index < -0.39 is 0 Å². The average Bonchev–Trinajstić information content (AvgIpc) is 3.21. The number of hydrogen-bond donors (Lipinski definition) is 1. The Labute approximate surface area is 108 Å². The smallest absolute Gasteiger partial charge is 0.0949 e. The standard InChI is InChI=1S/C15H21NO2/c1-17-11-15(6-7-15)13-4-2-12(3-5-13)14-10-16-8-9-18-14/h2-5,14,16H,6-11H2,1H3. The van der Waals surface area contributed by atoms with Crippen molar-refractivity contribution in [1.82, 2.24) is 5.32 Å². The van der Waals surface area contributed by atoms with Crippen LogP contribution in [0, 0.1) is 0 Å². The van der Waals surface area contributed by atoms with Crippen LogP contribution in [0.4, 0.5) is 0 Å². The first kappa shape index (κ1) is 12.2. The Morgan fingerprint density at radius 1 is 1.33 bits per heavy atom. The Morgan fingerprint density at radius 3 is 2.67 bits per heavy atom. The molecule has 1 aromatic carbocycles. The molecule has 98 valence electrons. The van der Waals surface area contributed by atoms with E-state index in [1.165, 1.54) is 24.0 Å². The zero-order valence-corrected chi connectivity index (χ0v) is 10.9. The van der Waals surface area contributed by atoms with Crippen molar-refractivity contribution < 1.29 is 9.47 Å². The minimum Gasteiger partial charge on any atom is -0.384 e. The molecule has 1 unspecified atom stereocenters. The Bertz CT molecular complexity index is 391. The van der Waals surface area contributed by atoms with Gasteiger partial charge >= 0.3 is 0 Å². The maximum absolute atomic E-state index is 5.77. The van der Waals surface area contributed by atoms with E-state index in [1.807, 2.05) is 0 Å². The van der Waals surface area contributed by atoms with Gasteiger partial charge in [-0.05, 0) is 24.0 Å². The van der Waals surface area contributed by atoms with Crippen molar-refractivity contribution in [2.75, 3.05) is 33.4 Å². The van der Waals surface area contributed by atoms with Gasteiger partial charge in [0.15, 0.2) is 0 Å². The van der Waals surface area contributed by atoms with E-state index in [-0.39, 0.29) is 6.10 Å². The maximum atomic E-state index is 5.77. The molecule has 1 saturated heterocycles. The van der Waals surface area contributed by atoms with E-state index in [1.54, 1.807) is 7.11 Å². The van der Waals surface area contributed by atoms with Crippen molar-refractivity contribution in [2.45, 2.75) is 24.4 Å². The van der Waals surface area contributed by atoms with Crippen LogP contribution in [-0.2, 0) is 14.9 Å². The van der Waals surface area contributed by atoms with Crippen LogP contribution in [0.1, 0.15) is 30.1 Å². The molecule has 0 aromatic heterocycles. The second-order valence-corrected chi connectivity index (χ2v) is 5.40. The van der Waals surface area contributed by atoms with Gasteiger partial charge in [0.05, 0.1) is 19.3 Å². The SMILES string of the molecule is COCC1(c2ccc(C3CNCCO3)cc2)CC1. The van der Waals surface area contributed by atoms with Crippen LogP contribution in [0.5, 0.6) is 0 Å². The average molecular weight is 247 g/mol. The highest BCUT2D eigenvalue weighted by atomic mass is 16.5. The summed E-state index contributed by atoms with van der Waals surface area (Å²) in [5, 5.41) is 3.37. The molecule has 1 aromatic rings. The topological polar surface area (TPSA) is 30.5 Å². The molecule has 0 bridgehead atoms. The molecule has 3 heteroatoms. The summed E-state index contributed by atoms with van der Waals surface area (Å²) >= 11 is 0. The summed E-state index contributed by atoms with van der Waals surface area (Å²) in [6.07, 6.45) is 2.72. The fourth-order valence-electron chi connectivity index (χ4n) is 2.77. The third-order valence-electron chi connectivity index (χ3n) is 4.10. The highest BCUT2D eigenvalue weighted by Gasteiger charge is 2.44. The summed E-state index contributed by atoms with van der Waals surface area (Å²) in [7, 11) is 1.79. The maximum Gasteiger partial charge on any atom is 0.0949 e. The third kappa shape index (κ3) is 2.30. The number of rotatable bonds is 4. The van der Waals surface area contributed by atoms with Gasteiger partial charge in [-0.1, -0.05) is 24.3 Å². The van der Waals surface area contributed by atoms with Crippen molar-refractivity contribution in [1.29, 1.82) is 0 Å². The molecule has 1 saturated carbocycles. The lowest BCUT2D eigenvalue weighted by molar-refractivity contribution is 0.0277. The fraction of sp³-hybridized carbons (Fsp3) is 0.600. The second-order valence-electron chi connectivity index (χ2n) is 5.40. The highest BCUT2D eigenvalue weighted by Crippen LogP contribution is 2.48. The third-order valence-corrected chi connectivity index (χ3v) is 4.10. The van der Waals surface area contributed by atoms with Crippen LogP contribution in [0.25, 0.3) is 0 Å². The first-order valence-corrected chi connectivity index (χ1v) is 6.76. The molecule has 1 aliphatic carbocycles. The first-order valence-electron chi connectivity index (χ1n) is 6.76. The molecule has 2 aliphatic rings. The van der Waals surface area contributed by atoms with Gasteiger partial charge in [-0.15, -0.1) is 0 Å². The number of methoxy groups -OCH3 is 1. The van der Waals surface area contributed by atoms with Crippen molar-refractivity contribution in [3.05, 3.63) is 35.4 Å². The predicted molar refractivity (Wildman–Crippen MR) is 70.8 cm³/mol. The summed E-state index contributed by atoms with van der Waals surface area (Å²) in [4.78, 5) is 0. The number of hydrogen-bond acceptors (Lipinski definition) is 3. The molecule has 2 fully saturated rings. The van der Waals surface area contributed by atoms with Gasteiger partial charge in [0.25, 0.3) is 0 Å². The molecule has 3 nitrogen and oxygen atoms in total. The van der Waals surface area contributed by atoms with E-state index in [0.717, 1.165) is 26.3 Å². The number of nitrogens with one attached hydrogen (secondary N) is 1. The molecule has 1 aliphatic heterocycles. The number of benzene rings is 1. The lowest BCUT2D eigenvalue weighted by Gasteiger charge is -2.24. The van der Waals surface area contributed by atoms with E-state index >= 15 is 0 Å². The van der Waals surface area contributed by atoms with Crippen LogP contribution < -0.4 is 5.32 Å². The number of ether oxygens (including phenoxy) is 2. The lowest BCUT2D eigenvalue weighted by atomic mass is 9.95. The van der Waals surface area contributed by atoms with Gasteiger partial charge in [0.1, 0.15) is 0 Å². The van der Waals surface area contributed by atoms with Gasteiger partial charge in [-0.25, -0.2) is 0 Å². The summed E-state index contributed by atoms with van der Waals surface area (Å²) < 4.78 is 11.1. The van der Waals surface area contributed by atoms with Crippen LogP contribution in [0.15, 0.2) is 24.3 Å². The molecule has 18 heavy (non-hydrogen) atoms. The van der Waals surface area contributed by atoms with E-state index in [9.17, 15) is 0 Å². The van der Waals surface area contributed by atoms with Crippen molar-refractivity contribution >= 4 is 0 Å². The molecular weight excluding hydrogens is 226 g/mol. The summed E-state index contributed by atoms with van der Waals surface area (Å²) in [5.74, 6) is 0. The molecule has 1 N–H and O–H groups in total. The second kappa shape index (κ2) is 5.00. The zero-order chi connectivity index (χ0) is 12.4. The van der Waals surface area contributed by atoms with Crippen LogP contribution >= 0.6 is 0 Å². The van der Waals surface area contributed by atoms with E-state index in [4.69, 9.17) is 9.47 Å². The van der Waals surface area contributed by atoms with Crippen molar-refractivity contribution in [3.63, 3.8) is 0 Å². The van der Waals surface area contributed by atoms with Gasteiger partial charge in [0, 0.05) is 25.6 Å². The quantitative estimate of drug-likeness (QED) is 0.883. The van der Waals surface area contributed by atoms with Crippen LogP contribution in [0.2, 0.25) is 0 Å². The van der Waals surface area contributed by atoms with Crippen LogP contribution in [-0.4, -0.2) is 33.4 Å². The largest absolute Gasteiger partial charge is 0.384 e. The van der Waals surface area contributed by atoms with Gasteiger partial charge < -0.3 is 14.8 Å². The van der Waals surface area contributed by atoms with E-state index in [2.05, 4.69) is 29.6 Å². The molecule has 1 atom stereocenters. The molecule has 0 spiro atoms. The molecule has 0 amide bonds. The highest BCUT2D eigenvalue weighted by molar-refractivity contribution is 5.34. The molecule has 1 heterocycles. The molecule has 0 radical (unpaired) electrons. The van der Waals surface area contributed by atoms with Gasteiger partial charge in [0.2, 0.25) is 0 Å². The molecule has 3 rings (SSSR count). The van der Waals surface area contributed by atoms with Crippen molar-refractivity contribution in [2.24, 2.45) is 0 Å². The Kier molecular flexibility index (Phi) is 3.37. The number of morpholine rings is 1. The van der Waals surface area contributed by atoms with Crippen LogP contribution in [0.3, 0.4) is 0 Å². The van der Waals surface area contributed by atoms with Gasteiger partial charge in [-0.2, -0.15) is 0 Å². The first-order chi connectivity index (χ1) is 8.84. The van der Waals surface area contributed by atoms with Crippen molar-refractivity contribution in [3.8, 4) is 0 Å². The van der Waals surface area contributed by atoms with Gasteiger partial charge in [-0.3, -0.25) is 0 Å². The summed E-state index contributed by atoms with van der Waals surface area (Å²) in [5.41, 5.74) is 3.00. The predicted octanol–water partition coefficient (Wildman–Crippen LogP) is 2.03. The summed E-state index contributed by atoms with van der Waals surface area (Å²) in [6.45, 7) is 3.53. The molecular formula is C15H21NO2. The Balaban J connectivity index is 1.72. The Hall–Kier alpha value is -0.900. The summed E-state index contributed by atoms with van der Waals surface area (Å²) in [6, 6.07) is 8.92. The zero-order valence-electron chi connectivity index (χ0n) is 10.9. The monoisotopic (exact) mass is 247 g/mol. The normalized spacial score (nSPS) is 25.9. The fourth-order valence-corrected chi connectivity index (χ4v) is 2.77. The van der Waals surface area contributed by atoms with E-state index in [0.29, 0.717) is 5.41 Å². The lowest BCUT2D eigenvalue weighted by Crippen LogP contribution is -2.33.